The third-order valence-electron chi connectivity index (χ3n) is 1.71. The fraction of sp³-hybridized carbons (Fsp3) is 0.500. The fourth-order valence-corrected chi connectivity index (χ4v) is 1.79. The van der Waals surface area contributed by atoms with E-state index in [0.717, 1.165) is 6.42 Å². The molecule has 0 bridgehead atoms. The molecule has 2 N–H and O–H groups in total. The second-order valence-electron chi connectivity index (χ2n) is 2.41. The van der Waals surface area contributed by atoms with Crippen LogP contribution in [0.2, 0.25) is 0 Å². The van der Waals surface area contributed by atoms with E-state index in [4.69, 9.17) is 5.11 Å². The number of nitrogens with one attached hydrogen (secondary N) is 1. The first kappa shape index (κ1) is 8.71. The summed E-state index contributed by atoms with van der Waals surface area (Å²) in [5, 5.41) is 16.0. The highest BCUT2D eigenvalue weighted by atomic mass is 32.1. The van der Waals surface area contributed by atoms with Crippen LogP contribution >= 0.6 is 11.3 Å². The van der Waals surface area contributed by atoms with Crippen LogP contribution in [-0.2, 0) is 0 Å². The highest BCUT2D eigenvalue weighted by molar-refractivity contribution is 7.07. The van der Waals surface area contributed by atoms with Crippen molar-refractivity contribution in [3.8, 4) is 0 Å². The monoisotopic (exact) mass is 171 g/mol. The molecule has 62 valence electrons. The Hall–Kier alpha value is -0.380. The Morgan fingerprint density at radius 2 is 2.55 bits per heavy atom. The molecule has 1 aromatic rings. The summed E-state index contributed by atoms with van der Waals surface area (Å²) in [4.78, 5) is 0. The van der Waals surface area contributed by atoms with Gasteiger partial charge in [0.05, 0.1) is 0 Å². The molecule has 0 spiro atoms. The molecule has 0 saturated carbocycles. The molecule has 1 aromatic heterocycles. The molecule has 0 aliphatic rings. The first-order valence-electron chi connectivity index (χ1n) is 3.68. The molecule has 0 fully saturated rings. The maximum absolute atomic E-state index is 8.73. The molecule has 3 heteroatoms. The summed E-state index contributed by atoms with van der Waals surface area (Å²) in [7, 11) is 1.91. The van der Waals surface area contributed by atoms with Crippen molar-refractivity contribution in [3.05, 3.63) is 22.4 Å². The minimum Gasteiger partial charge on any atom is -0.396 e. The molecule has 1 heterocycles. The normalized spacial score (nSPS) is 13.3. The van der Waals surface area contributed by atoms with E-state index in [2.05, 4.69) is 22.1 Å². The van der Waals surface area contributed by atoms with Gasteiger partial charge >= 0.3 is 0 Å². The van der Waals surface area contributed by atoms with E-state index in [-0.39, 0.29) is 6.61 Å². The number of thiophene rings is 1. The topological polar surface area (TPSA) is 32.3 Å². The number of rotatable bonds is 4. The van der Waals surface area contributed by atoms with E-state index in [1.54, 1.807) is 11.3 Å². The van der Waals surface area contributed by atoms with Crippen molar-refractivity contribution in [2.24, 2.45) is 0 Å². The minimum atomic E-state index is 0.237. The Morgan fingerprint density at radius 1 is 1.73 bits per heavy atom. The second kappa shape index (κ2) is 4.49. The van der Waals surface area contributed by atoms with Gasteiger partial charge in [-0.05, 0) is 35.9 Å². The van der Waals surface area contributed by atoms with Crippen molar-refractivity contribution in [1.29, 1.82) is 0 Å². The van der Waals surface area contributed by atoms with Crippen LogP contribution in [-0.4, -0.2) is 18.8 Å². The van der Waals surface area contributed by atoms with Crippen LogP contribution in [0, 0.1) is 0 Å². The maximum atomic E-state index is 8.73. The fourth-order valence-electron chi connectivity index (χ4n) is 1.08. The predicted molar refractivity (Wildman–Crippen MR) is 47.8 cm³/mol. The summed E-state index contributed by atoms with van der Waals surface area (Å²) >= 11 is 1.69. The average molecular weight is 171 g/mol. The molecule has 11 heavy (non-hydrogen) atoms. The molecule has 0 aromatic carbocycles. The molecule has 1 atom stereocenters. The molecule has 2 nitrogen and oxygen atoms in total. The lowest BCUT2D eigenvalue weighted by Crippen LogP contribution is -2.16. The van der Waals surface area contributed by atoms with Crippen LogP contribution < -0.4 is 5.32 Å². The molecule has 0 aliphatic heterocycles. The molecule has 1 unspecified atom stereocenters. The Labute approximate surface area is 70.9 Å². The van der Waals surface area contributed by atoms with Crippen LogP contribution in [0.3, 0.4) is 0 Å². The second-order valence-corrected chi connectivity index (χ2v) is 3.19. The number of hydrogen-bond acceptors (Lipinski definition) is 3. The third kappa shape index (κ3) is 2.29. The molecule has 0 saturated heterocycles. The van der Waals surface area contributed by atoms with Gasteiger partial charge < -0.3 is 10.4 Å². The van der Waals surface area contributed by atoms with Crippen molar-refractivity contribution in [3.63, 3.8) is 0 Å². The summed E-state index contributed by atoms with van der Waals surface area (Å²) < 4.78 is 0. The van der Waals surface area contributed by atoms with Crippen molar-refractivity contribution >= 4 is 11.3 Å². The Bertz CT molecular complexity index is 186. The zero-order valence-corrected chi connectivity index (χ0v) is 7.40. The largest absolute Gasteiger partial charge is 0.396 e. The number of aliphatic hydroxyl groups excluding tert-OH is 1. The summed E-state index contributed by atoms with van der Waals surface area (Å²) in [6, 6.07) is 2.40. The standard InChI is InChI=1S/C8H13NOS/c1-9-8(2-4-10)7-3-5-11-6-7/h3,5-6,8-10H,2,4H2,1H3. The van der Waals surface area contributed by atoms with Crippen molar-refractivity contribution in [2.75, 3.05) is 13.7 Å². The lowest BCUT2D eigenvalue weighted by atomic mass is 10.1. The van der Waals surface area contributed by atoms with Gasteiger partial charge in [0.15, 0.2) is 0 Å². The minimum absolute atomic E-state index is 0.237. The average Bonchev–Trinajstić information content (AvgIpc) is 2.52. The summed E-state index contributed by atoms with van der Waals surface area (Å²) in [6.07, 6.45) is 0.785. The van der Waals surface area contributed by atoms with E-state index in [9.17, 15) is 0 Å². The van der Waals surface area contributed by atoms with Gasteiger partial charge in [0, 0.05) is 12.6 Å². The van der Waals surface area contributed by atoms with E-state index >= 15 is 0 Å². The van der Waals surface area contributed by atoms with Crippen molar-refractivity contribution < 1.29 is 5.11 Å². The summed E-state index contributed by atoms with van der Waals surface area (Å²) in [5.41, 5.74) is 1.27. The molecule has 0 aliphatic carbocycles. The van der Waals surface area contributed by atoms with Crippen molar-refractivity contribution in [2.45, 2.75) is 12.5 Å². The van der Waals surface area contributed by atoms with Gasteiger partial charge in [0.25, 0.3) is 0 Å². The quantitative estimate of drug-likeness (QED) is 0.717. The first-order valence-corrected chi connectivity index (χ1v) is 4.63. The van der Waals surface area contributed by atoms with Gasteiger partial charge in [-0.3, -0.25) is 0 Å². The van der Waals surface area contributed by atoms with Gasteiger partial charge in [0.1, 0.15) is 0 Å². The molecule has 0 radical (unpaired) electrons. The van der Waals surface area contributed by atoms with E-state index in [1.165, 1.54) is 5.56 Å². The molecular formula is C8H13NOS. The van der Waals surface area contributed by atoms with E-state index < -0.39 is 0 Å². The van der Waals surface area contributed by atoms with Crippen LogP contribution in [0.5, 0.6) is 0 Å². The van der Waals surface area contributed by atoms with Crippen LogP contribution in [0.1, 0.15) is 18.0 Å². The zero-order valence-electron chi connectivity index (χ0n) is 6.58. The highest BCUT2D eigenvalue weighted by Gasteiger charge is 2.07. The summed E-state index contributed by atoms with van der Waals surface area (Å²) in [5.74, 6) is 0. The Balaban J connectivity index is 2.56. The highest BCUT2D eigenvalue weighted by Crippen LogP contribution is 2.18. The van der Waals surface area contributed by atoms with Gasteiger partial charge in [-0.25, -0.2) is 0 Å². The van der Waals surface area contributed by atoms with Gasteiger partial charge in [-0.1, -0.05) is 0 Å². The van der Waals surface area contributed by atoms with E-state index in [1.807, 2.05) is 7.05 Å². The number of hydrogen-bond donors (Lipinski definition) is 2. The van der Waals surface area contributed by atoms with Crippen LogP contribution in [0.25, 0.3) is 0 Å². The van der Waals surface area contributed by atoms with Gasteiger partial charge in [0.2, 0.25) is 0 Å². The lowest BCUT2D eigenvalue weighted by molar-refractivity contribution is 0.269. The Morgan fingerprint density at radius 3 is 3.00 bits per heavy atom. The maximum Gasteiger partial charge on any atom is 0.0449 e. The molecule has 1 rings (SSSR count). The Kier molecular flexibility index (Phi) is 3.56. The zero-order chi connectivity index (χ0) is 8.10. The first-order chi connectivity index (χ1) is 5.38. The lowest BCUT2D eigenvalue weighted by Gasteiger charge is -2.12. The summed E-state index contributed by atoms with van der Waals surface area (Å²) in [6.45, 7) is 0.237. The van der Waals surface area contributed by atoms with Crippen LogP contribution in [0.4, 0.5) is 0 Å². The van der Waals surface area contributed by atoms with E-state index in [0.29, 0.717) is 6.04 Å². The molecular weight excluding hydrogens is 158 g/mol. The third-order valence-corrected chi connectivity index (χ3v) is 2.41. The van der Waals surface area contributed by atoms with Gasteiger partial charge in [-0.15, -0.1) is 0 Å². The smallest absolute Gasteiger partial charge is 0.0449 e. The SMILES string of the molecule is CNC(CCO)c1ccsc1. The molecule has 0 amide bonds. The number of aliphatic hydroxyl groups is 1. The van der Waals surface area contributed by atoms with Gasteiger partial charge in [-0.2, -0.15) is 11.3 Å². The predicted octanol–water partition coefficient (Wildman–Crippen LogP) is 1.39. The van der Waals surface area contributed by atoms with Crippen LogP contribution in [0.15, 0.2) is 16.8 Å². The van der Waals surface area contributed by atoms with Crippen molar-refractivity contribution in [1.82, 2.24) is 5.32 Å².